The van der Waals surface area contributed by atoms with Gasteiger partial charge in [-0.3, -0.25) is 4.79 Å². The van der Waals surface area contributed by atoms with Crippen LogP contribution >= 0.6 is 0 Å². The lowest BCUT2D eigenvalue weighted by molar-refractivity contribution is -0.118. The molecule has 1 aliphatic rings. The molecule has 0 unspecified atom stereocenters. The first-order valence-corrected chi connectivity index (χ1v) is 5.61. The highest BCUT2D eigenvalue weighted by molar-refractivity contribution is 5.73. The monoisotopic (exact) mass is 224 g/mol. The van der Waals surface area contributed by atoms with E-state index in [1.165, 1.54) is 19.3 Å². The second-order valence-corrected chi connectivity index (χ2v) is 4.00. The number of aryl methyl sites for hydroxylation is 1. The van der Waals surface area contributed by atoms with Crippen molar-refractivity contribution in [2.75, 3.05) is 18.0 Å². The highest BCUT2D eigenvalue weighted by atomic mass is 16.5. The van der Waals surface area contributed by atoms with E-state index < -0.39 is 0 Å². The fraction of sp³-hybridized carbons (Fsp3) is 0.700. The summed E-state index contributed by atoms with van der Waals surface area (Å²) in [6.07, 6.45) is 4.29. The van der Waals surface area contributed by atoms with Gasteiger partial charge >= 0.3 is 0 Å². The Balaban J connectivity index is 1.93. The first kappa shape index (κ1) is 10.9. The van der Waals surface area contributed by atoms with Crippen molar-refractivity contribution in [3.8, 4) is 0 Å². The van der Waals surface area contributed by atoms with Crippen molar-refractivity contribution in [2.45, 2.75) is 32.1 Å². The molecule has 1 fully saturated rings. The second kappa shape index (κ2) is 4.96. The Morgan fingerprint density at radius 2 is 2.12 bits per heavy atom. The van der Waals surface area contributed by atoms with Crippen LogP contribution < -0.4 is 10.6 Å². The third-order valence-electron chi connectivity index (χ3n) is 2.68. The number of amides is 1. The first-order valence-electron chi connectivity index (χ1n) is 5.61. The van der Waals surface area contributed by atoms with Crippen LogP contribution in [0.3, 0.4) is 0 Å². The summed E-state index contributed by atoms with van der Waals surface area (Å²) in [5.41, 5.74) is 5.05. The van der Waals surface area contributed by atoms with Crippen molar-refractivity contribution in [2.24, 2.45) is 5.73 Å². The standard InChI is InChI=1S/C10H16N4O2/c11-8(15)4-5-9-12-10(13-16-9)14-6-2-1-3-7-14/h1-7H2,(H2,11,15). The van der Waals surface area contributed by atoms with Gasteiger partial charge in [0.05, 0.1) is 0 Å². The van der Waals surface area contributed by atoms with Gasteiger partial charge in [0.1, 0.15) is 0 Å². The average Bonchev–Trinajstić information content (AvgIpc) is 2.76. The van der Waals surface area contributed by atoms with Gasteiger partial charge in [-0.2, -0.15) is 4.98 Å². The summed E-state index contributed by atoms with van der Waals surface area (Å²) in [5, 5.41) is 3.91. The van der Waals surface area contributed by atoms with E-state index in [1.54, 1.807) is 0 Å². The number of hydrogen-bond donors (Lipinski definition) is 1. The topological polar surface area (TPSA) is 85.3 Å². The van der Waals surface area contributed by atoms with Gasteiger partial charge in [0.15, 0.2) is 0 Å². The maximum atomic E-state index is 10.6. The van der Waals surface area contributed by atoms with Crippen LogP contribution in [0.15, 0.2) is 4.52 Å². The van der Waals surface area contributed by atoms with Crippen molar-refractivity contribution in [1.82, 2.24) is 10.1 Å². The molecule has 2 N–H and O–H groups in total. The molecule has 0 atom stereocenters. The first-order chi connectivity index (χ1) is 7.75. The average molecular weight is 224 g/mol. The minimum Gasteiger partial charge on any atom is -0.370 e. The fourth-order valence-corrected chi connectivity index (χ4v) is 1.80. The number of hydrogen-bond acceptors (Lipinski definition) is 5. The lowest BCUT2D eigenvalue weighted by Crippen LogP contribution is -2.30. The van der Waals surface area contributed by atoms with Crippen LogP contribution in [0.2, 0.25) is 0 Å². The van der Waals surface area contributed by atoms with Gasteiger partial charge in [-0.05, 0) is 24.4 Å². The molecule has 0 spiro atoms. The molecular weight excluding hydrogens is 208 g/mol. The number of primary amides is 1. The van der Waals surface area contributed by atoms with Gasteiger partial charge in [-0.1, -0.05) is 0 Å². The van der Waals surface area contributed by atoms with Crippen LogP contribution in [0, 0.1) is 0 Å². The van der Waals surface area contributed by atoms with E-state index in [4.69, 9.17) is 10.3 Å². The molecule has 0 aromatic carbocycles. The normalized spacial score (nSPS) is 16.4. The van der Waals surface area contributed by atoms with Crippen molar-refractivity contribution in [3.05, 3.63) is 5.89 Å². The van der Waals surface area contributed by atoms with E-state index in [2.05, 4.69) is 15.0 Å². The summed E-state index contributed by atoms with van der Waals surface area (Å²) in [7, 11) is 0. The van der Waals surface area contributed by atoms with Crippen molar-refractivity contribution in [3.63, 3.8) is 0 Å². The highest BCUT2D eigenvalue weighted by Gasteiger charge is 2.16. The summed E-state index contributed by atoms with van der Waals surface area (Å²) >= 11 is 0. The van der Waals surface area contributed by atoms with Crippen LogP contribution in [0.4, 0.5) is 5.95 Å². The zero-order chi connectivity index (χ0) is 11.4. The van der Waals surface area contributed by atoms with Crippen LogP contribution in [0.5, 0.6) is 0 Å². The van der Waals surface area contributed by atoms with Crippen LogP contribution in [-0.4, -0.2) is 29.1 Å². The molecule has 2 heterocycles. The van der Waals surface area contributed by atoms with E-state index in [-0.39, 0.29) is 12.3 Å². The SMILES string of the molecule is NC(=O)CCc1nc(N2CCCCC2)no1. The predicted molar refractivity (Wildman–Crippen MR) is 57.9 cm³/mol. The third-order valence-corrected chi connectivity index (χ3v) is 2.68. The Kier molecular flexibility index (Phi) is 3.38. The van der Waals surface area contributed by atoms with Gasteiger partial charge in [0, 0.05) is 25.9 Å². The molecule has 1 amide bonds. The number of nitrogens with zero attached hydrogens (tertiary/aromatic N) is 3. The Bertz CT molecular complexity index is 357. The minimum atomic E-state index is -0.349. The summed E-state index contributed by atoms with van der Waals surface area (Å²) in [4.78, 5) is 17.0. The number of carbonyl (C=O) groups excluding carboxylic acids is 1. The molecule has 6 heteroatoms. The van der Waals surface area contributed by atoms with Crippen LogP contribution in [-0.2, 0) is 11.2 Å². The summed E-state index contributed by atoms with van der Waals surface area (Å²) in [6.45, 7) is 1.96. The summed E-state index contributed by atoms with van der Waals surface area (Å²) in [6, 6.07) is 0. The zero-order valence-corrected chi connectivity index (χ0v) is 9.19. The smallest absolute Gasteiger partial charge is 0.266 e. The number of piperidine rings is 1. The molecule has 0 radical (unpaired) electrons. The van der Waals surface area contributed by atoms with Gasteiger partial charge in [0.2, 0.25) is 11.8 Å². The van der Waals surface area contributed by atoms with Crippen LogP contribution in [0.1, 0.15) is 31.6 Å². The van der Waals surface area contributed by atoms with Crippen LogP contribution in [0.25, 0.3) is 0 Å². The molecule has 1 aliphatic heterocycles. The van der Waals surface area contributed by atoms with E-state index >= 15 is 0 Å². The van der Waals surface area contributed by atoms with Gasteiger partial charge in [-0.15, -0.1) is 0 Å². The molecule has 2 rings (SSSR count). The summed E-state index contributed by atoms with van der Waals surface area (Å²) < 4.78 is 5.06. The maximum absolute atomic E-state index is 10.6. The van der Waals surface area contributed by atoms with Crippen molar-refractivity contribution < 1.29 is 9.32 Å². The zero-order valence-electron chi connectivity index (χ0n) is 9.19. The minimum absolute atomic E-state index is 0.252. The maximum Gasteiger partial charge on any atom is 0.266 e. The molecule has 1 aromatic rings. The lowest BCUT2D eigenvalue weighted by atomic mass is 10.1. The predicted octanol–water partition coefficient (Wildman–Crippen LogP) is 0.478. The van der Waals surface area contributed by atoms with E-state index in [9.17, 15) is 4.79 Å². The molecule has 16 heavy (non-hydrogen) atoms. The quantitative estimate of drug-likeness (QED) is 0.803. The Hall–Kier alpha value is -1.59. The second-order valence-electron chi connectivity index (χ2n) is 4.00. The number of rotatable bonds is 4. The molecule has 0 bridgehead atoms. The lowest BCUT2D eigenvalue weighted by Gasteiger charge is -2.24. The van der Waals surface area contributed by atoms with Gasteiger partial charge in [-0.25, -0.2) is 0 Å². The number of anilines is 1. The molecule has 1 saturated heterocycles. The Morgan fingerprint density at radius 1 is 1.38 bits per heavy atom. The molecule has 0 saturated carbocycles. The number of nitrogens with two attached hydrogens (primary N) is 1. The molecule has 88 valence electrons. The van der Waals surface area contributed by atoms with Crippen molar-refractivity contribution >= 4 is 11.9 Å². The number of aromatic nitrogens is 2. The number of carbonyl (C=O) groups is 1. The Morgan fingerprint density at radius 3 is 2.81 bits per heavy atom. The molecule has 0 aliphatic carbocycles. The molecular formula is C10H16N4O2. The largest absolute Gasteiger partial charge is 0.370 e. The molecule has 6 nitrogen and oxygen atoms in total. The van der Waals surface area contributed by atoms with E-state index in [0.29, 0.717) is 18.3 Å². The third kappa shape index (κ3) is 2.71. The summed E-state index contributed by atoms with van der Waals surface area (Å²) in [5.74, 6) is 0.774. The molecule has 1 aromatic heterocycles. The van der Waals surface area contributed by atoms with Gasteiger partial charge in [0.25, 0.3) is 5.95 Å². The fourth-order valence-electron chi connectivity index (χ4n) is 1.80. The van der Waals surface area contributed by atoms with Crippen molar-refractivity contribution in [1.29, 1.82) is 0 Å². The van der Waals surface area contributed by atoms with Gasteiger partial charge < -0.3 is 15.2 Å². The Labute approximate surface area is 93.8 Å². The van der Waals surface area contributed by atoms with E-state index in [0.717, 1.165) is 13.1 Å². The highest BCUT2D eigenvalue weighted by Crippen LogP contribution is 2.16. The van der Waals surface area contributed by atoms with E-state index in [1.807, 2.05) is 0 Å².